The van der Waals surface area contributed by atoms with Gasteiger partial charge in [-0.25, -0.2) is 0 Å². The Balaban J connectivity index is 0.00000220. The Morgan fingerprint density at radius 1 is 1.24 bits per heavy atom. The van der Waals surface area contributed by atoms with Crippen LogP contribution in [0.2, 0.25) is 0 Å². The highest BCUT2D eigenvalue weighted by molar-refractivity contribution is 5.85. The number of likely N-dealkylation sites (tertiary alicyclic amines) is 1. The van der Waals surface area contributed by atoms with Crippen LogP contribution >= 0.6 is 12.4 Å². The molecule has 0 aliphatic carbocycles. The standard InChI is InChI=1S/C16H31N3O.ClH/c1-13(14-4-8-17-9-5-14)12-16(20)19(3)15-6-10-18(2)11-7-15;/h13-15,17H,4-12H2,1-3H3;1H. The average molecular weight is 318 g/mol. The molecule has 2 fully saturated rings. The molecule has 0 radical (unpaired) electrons. The third-order valence-electron chi connectivity index (χ3n) is 5.31. The molecule has 1 unspecified atom stereocenters. The van der Waals surface area contributed by atoms with E-state index in [9.17, 15) is 4.79 Å². The quantitative estimate of drug-likeness (QED) is 0.861. The molecule has 0 aromatic rings. The fraction of sp³-hybridized carbons (Fsp3) is 0.938. The van der Waals surface area contributed by atoms with Crippen LogP contribution in [0.5, 0.6) is 0 Å². The molecule has 0 spiro atoms. The van der Waals surface area contributed by atoms with E-state index in [0.29, 0.717) is 17.9 Å². The van der Waals surface area contributed by atoms with Crippen LogP contribution in [0, 0.1) is 11.8 Å². The second-order valence-corrected chi connectivity index (χ2v) is 6.81. The molecule has 0 bridgehead atoms. The van der Waals surface area contributed by atoms with Crippen LogP contribution in [-0.2, 0) is 4.79 Å². The Kier molecular flexibility index (Phi) is 7.99. The van der Waals surface area contributed by atoms with Gasteiger partial charge in [0.25, 0.3) is 0 Å². The van der Waals surface area contributed by atoms with Gasteiger partial charge in [-0.05, 0) is 70.7 Å². The lowest BCUT2D eigenvalue weighted by molar-refractivity contribution is -0.134. The first-order valence-corrected chi connectivity index (χ1v) is 8.23. The Labute approximate surface area is 136 Å². The van der Waals surface area contributed by atoms with Gasteiger partial charge in [0.05, 0.1) is 0 Å². The summed E-state index contributed by atoms with van der Waals surface area (Å²) in [4.78, 5) is 16.9. The molecule has 0 saturated carbocycles. The topological polar surface area (TPSA) is 35.6 Å². The van der Waals surface area contributed by atoms with Gasteiger partial charge in [-0.2, -0.15) is 0 Å². The Morgan fingerprint density at radius 3 is 2.38 bits per heavy atom. The number of hydrogen-bond acceptors (Lipinski definition) is 3. The summed E-state index contributed by atoms with van der Waals surface area (Å²) < 4.78 is 0. The molecule has 2 rings (SSSR count). The number of hydrogen-bond donors (Lipinski definition) is 1. The predicted molar refractivity (Wildman–Crippen MR) is 89.9 cm³/mol. The van der Waals surface area contributed by atoms with Crippen molar-refractivity contribution in [3.05, 3.63) is 0 Å². The van der Waals surface area contributed by atoms with Crippen molar-refractivity contribution in [2.75, 3.05) is 40.3 Å². The Hall–Kier alpha value is -0.320. The van der Waals surface area contributed by atoms with E-state index in [1.807, 2.05) is 11.9 Å². The fourth-order valence-corrected chi connectivity index (χ4v) is 3.59. The van der Waals surface area contributed by atoms with Crippen molar-refractivity contribution in [3.8, 4) is 0 Å². The number of carbonyl (C=O) groups is 1. The van der Waals surface area contributed by atoms with Crippen LogP contribution in [0.25, 0.3) is 0 Å². The van der Waals surface area contributed by atoms with Gasteiger partial charge in [0.2, 0.25) is 5.91 Å². The van der Waals surface area contributed by atoms with Crippen molar-refractivity contribution in [1.82, 2.24) is 15.1 Å². The van der Waals surface area contributed by atoms with Gasteiger partial charge in [0, 0.05) is 19.5 Å². The zero-order valence-corrected chi connectivity index (χ0v) is 14.6. The van der Waals surface area contributed by atoms with Crippen molar-refractivity contribution < 1.29 is 4.79 Å². The van der Waals surface area contributed by atoms with Gasteiger partial charge >= 0.3 is 0 Å². The van der Waals surface area contributed by atoms with Crippen molar-refractivity contribution in [1.29, 1.82) is 0 Å². The molecule has 2 heterocycles. The van der Waals surface area contributed by atoms with E-state index in [0.717, 1.165) is 51.4 Å². The molecule has 21 heavy (non-hydrogen) atoms. The average Bonchev–Trinajstić information content (AvgIpc) is 2.48. The van der Waals surface area contributed by atoms with Gasteiger partial charge < -0.3 is 15.1 Å². The number of piperidine rings is 2. The summed E-state index contributed by atoms with van der Waals surface area (Å²) >= 11 is 0. The molecule has 2 saturated heterocycles. The second kappa shape index (κ2) is 8.96. The minimum absolute atomic E-state index is 0. The molecule has 1 N–H and O–H groups in total. The van der Waals surface area contributed by atoms with Gasteiger partial charge in [-0.1, -0.05) is 6.92 Å². The Morgan fingerprint density at radius 2 is 1.81 bits per heavy atom. The molecule has 2 aliphatic heterocycles. The number of nitrogens with zero attached hydrogens (tertiary/aromatic N) is 2. The molecule has 1 amide bonds. The lowest BCUT2D eigenvalue weighted by Gasteiger charge is -2.36. The molecular weight excluding hydrogens is 286 g/mol. The molecule has 124 valence electrons. The van der Waals surface area contributed by atoms with Gasteiger partial charge in [-0.15, -0.1) is 12.4 Å². The maximum absolute atomic E-state index is 12.5. The molecule has 0 aromatic heterocycles. The molecular formula is C16H32ClN3O. The highest BCUT2D eigenvalue weighted by Gasteiger charge is 2.27. The van der Waals surface area contributed by atoms with Gasteiger partial charge in [-0.3, -0.25) is 4.79 Å². The zero-order chi connectivity index (χ0) is 14.5. The van der Waals surface area contributed by atoms with Gasteiger partial charge in [0.15, 0.2) is 0 Å². The number of carbonyl (C=O) groups excluding carboxylic acids is 1. The first-order chi connectivity index (χ1) is 9.58. The summed E-state index contributed by atoms with van der Waals surface area (Å²) in [5.41, 5.74) is 0. The highest BCUT2D eigenvalue weighted by atomic mass is 35.5. The molecule has 0 aromatic carbocycles. The number of halogens is 1. The fourth-order valence-electron chi connectivity index (χ4n) is 3.59. The van der Waals surface area contributed by atoms with Gasteiger partial charge in [0.1, 0.15) is 0 Å². The monoisotopic (exact) mass is 317 g/mol. The number of amides is 1. The normalized spacial score (nSPS) is 23.4. The first-order valence-electron chi connectivity index (χ1n) is 8.23. The molecule has 1 atom stereocenters. The molecule has 2 aliphatic rings. The SMILES string of the molecule is CC(CC(=O)N(C)C1CCN(C)CC1)C1CCNCC1.Cl. The summed E-state index contributed by atoms with van der Waals surface area (Å²) in [5, 5.41) is 3.40. The largest absolute Gasteiger partial charge is 0.343 e. The summed E-state index contributed by atoms with van der Waals surface area (Å²) in [7, 11) is 4.17. The van der Waals surface area contributed by atoms with Crippen LogP contribution in [0.3, 0.4) is 0 Å². The lowest BCUT2D eigenvalue weighted by Crippen LogP contribution is -2.45. The van der Waals surface area contributed by atoms with Crippen LogP contribution in [-0.4, -0.2) is 62.0 Å². The minimum atomic E-state index is 0. The summed E-state index contributed by atoms with van der Waals surface area (Å²) in [5.74, 6) is 1.61. The smallest absolute Gasteiger partial charge is 0.222 e. The highest BCUT2D eigenvalue weighted by Crippen LogP contribution is 2.25. The zero-order valence-electron chi connectivity index (χ0n) is 13.8. The van der Waals surface area contributed by atoms with E-state index in [-0.39, 0.29) is 12.4 Å². The van der Waals surface area contributed by atoms with Crippen molar-refractivity contribution in [2.45, 2.75) is 45.1 Å². The Bertz CT molecular complexity index is 313. The third-order valence-corrected chi connectivity index (χ3v) is 5.31. The summed E-state index contributed by atoms with van der Waals surface area (Å²) in [6, 6.07) is 0.457. The van der Waals surface area contributed by atoms with Crippen molar-refractivity contribution >= 4 is 18.3 Å². The summed E-state index contributed by atoms with van der Waals surface area (Å²) in [6.45, 7) is 6.73. The van der Waals surface area contributed by atoms with E-state index in [1.165, 1.54) is 12.8 Å². The predicted octanol–water partition coefficient (Wildman–Crippen LogP) is 1.99. The van der Waals surface area contributed by atoms with Crippen LogP contribution < -0.4 is 5.32 Å². The molecule has 5 heteroatoms. The van der Waals surface area contributed by atoms with E-state index >= 15 is 0 Å². The minimum Gasteiger partial charge on any atom is -0.343 e. The van der Waals surface area contributed by atoms with E-state index in [4.69, 9.17) is 0 Å². The van der Waals surface area contributed by atoms with E-state index in [2.05, 4.69) is 24.2 Å². The van der Waals surface area contributed by atoms with Crippen LogP contribution in [0.4, 0.5) is 0 Å². The maximum Gasteiger partial charge on any atom is 0.222 e. The first kappa shape index (κ1) is 18.7. The molecule has 4 nitrogen and oxygen atoms in total. The number of nitrogens with one attached hydrogen (secondary N) is 1. The lowest BCUT2D eigenvalue weighted by atomic mass is 9.84. The van der Waals surface area contributed by atoms with E-state index in [1.54, 1.807) is 0 Å². The maximum atomic E-state index is 12.5. The van der Waals surface area contributed by atoms with Crippen LogP contribution in [0.1, 0.15) is 39.0 Å². The van der Waals surface area contributed by atoms with Crippen molar-refractivity contribution in [3.63, 3.8) is 0 Å². The summed E-state index contributed by atoms with van der Waals surface area (Å²) in [6.07, 6.45) is 5.44. The third kappa shape index (κ3) is 5.42. The van der Waals surface area contributed by atoms with Crippen molar-refractivity contribution in [2.24, 2.45) is 11.8 Å². The van der Waals surface area contributed by atoms with E-state index < -0.39 is 0 Å². The number of rotatable bonds is 4. The second-order valence-electron chi connectivity index (χ2n) is 6.81. The van der Waals surface area contributed by atoms with Crippen LogP contribution in [0.15, 0.2) is 0 Å².